The van der Waals surface area contributed by atoms with Gasteiger partial charge in [-0.2, -0.15) is 0 Å². The van der Waals surface area contributed by atoms with E-state index in [9.17, 15) is 19.2 Å². The van der Waals surface area contributed by atoms with Crippen molar-refractivity contribution in [2.75, 3.05) is 20.8 Å². The maximum absolute atomic E-state index is 12.0. The van der Waals surface area contributed by atoms with Crippen LogP contribution in [0.2, 0.25) is 0 Å². The highest BCUT2D eigenvalue weighted by Crippen LogP contribution is 2.22. The van der Waals surface area contributed by atoms with Crippen molar-refractivity contribution < 1.29 is 38.1 Å². The minimum absolute atomic E-state index is 0.0858. The van der Waals surface area contributed by atoms with E-state index in [1.807, 2.05) is 110 Å². The molecule has 0 heterocycles. The van der Waals surface area contributed by atoms with Crippen molar-refractivity contribution in [3.63, 3.8) is 0 Å². The van der Waals surface area contributed by atoms with Crippen LogP contribution in [0.3, 0.4) is 0 Å². The molecule has 3 aromatic carbocycles. The van der Waals surface area contributed by atoms with Gasteiger partial charge in [0.25, 0.3) is 0 Å². The number of benzene rings is 3. The first-order valence-electron chi connectivity index (χ1n) is 16.7. The minimum atomic E-state index is -0.532. The number of carbonyl (C=O) groups is 4. The van der Waals surface area contributed by atoms with E-state index in [1.54, 1.807) is 24.3 Å². The molecule has 0 spiro atoms. The Labute approximate surface area is 297 Å². The van der Waals surface area contributed by atoms with Crippen LogP contribution in [0.15, 0.2) is 78.9 Å². The third kappa shape index (κ3) is 16.0. The summed E-state index contributed by atoms with van der Waals surface area (Å²) in [4.78, 5) is 46.8. The van der Waals surface area contributed by atoms with Crippen LogP contribution in [-0.2, 0) is 31.8 Å². The van der Waals surface area contributed by atoms with Gasteiger partial charge in [0.15, 0.2) is 0 Å². The second-order valence-corrected chi connectivity index (χ2v) is 14.6. The highest BCUT2D eigenvalue weighted by molar-refractivity contribution is 5.89. The van der Waals surface area contributed by atoms with Crippen molar-refractivity contribution in [2.24, 2.45) is 0 Å². The van der Waals surface area contributed by atoms with Gasteiger partial charge in [-0.05, 0) is 116 Å². The molecule has 3 rings (SSSR count). The number of alkyl carbamates (subject to hydrolysis) is 2. The van der Waals surface area contributed by atoms with E-state index in [0.717, 1.165) is 36.0 Å². The van der Waals surface area contributed by atoms with Gasteiger partial charge < -0.3 is 29.6 Å². The summed E-state index contributed by atoms with van der Waals surface area (Å²) in [5.74, 6) is -0.612. The second kappa shape index (κ2) is 18.8. The predicted octanol–water partition coefficient (Wildman–Crippen LogP) is 8.03. The summed E-state index contributed by atoms with van der Waals surface area (Å²) in [6.07, 6.45) is 1.42. The molecule has 0 aliphatic rings. The summed E-state index contributed by atoms with van der Waals surface area (Å²) >= 11 is 0. The summed E-state index contributed by atoms with van der Waals surface area (Å²) in [7, 11) is 2.73. The summed E-state index contributed by atoms with van der Waals surface area (Å²) < 4.78 is 20.0. The third-order valence-corrected chi connectivity index (χ3v) is 7.27. The second-order valence-electron chi connectivity index (χ2n) is 14.6. The van der Waals surface area contributed by atoms with Crippen LogP contribution in [0, 0.1) is 0 Å². The van der Waals surface area contributed by atoms with E-state index in [-0.39, 0.29) is 23.4 Å². The van der Waals surface area contributed by atoms with Gasteiger partial charge in [0.1, 0.15) is 11.2 Å². The van der Waals surface area contributed by atoms with E-state index in [1.165, 1.54) is 14.2 Å². The van der Waals surface area contributed by atoms with E-state index >= 15 is 0 Å². The van der Waals surface area contributed by atoms with Gasteiger partial charge in [-0.15, -0.1) is 0 Å². The number of rotatable bonds is 11. The molecule has 0 radical (unpaired) electrons. The zero-order chi connectivity index (χ0) is 37.5. The average molecular weight is 691 g/mol. The van der Waals surface area contributed by atoms with Crippen molar-refractivity contribution in [2.45, 2.75) is 97.3 Å². The molecule has 0 fully saturated rings. The number of esters is 2. The Hall–Kier alpha value is -4.86. The smallest absolute Gasteiger partial charge is 0.408 e. The number of amides is 2. The van der Waals surface area contributed by atoms with Gasteiger partial charge in [-0.3, -0.25) is 0 Å². The highest BCUT2D eigenvalue weighted by atomic mass is 16.6. The standard InChI is InChI=1S/C22H27NO4.C18H27NO4/c1-22(2,3)27-21(25)23-15-19(17-8-6-5-7-9-17)14-16-10-12-18(13-11-16)20(24)26-4;1-17(2,3)23-16(21)19-18(4,5)12-11-13-7-9-14(10-8-13)15(20)22-6/h5-13,19H,14-15H2,1-4H3,(H,23,25);7-10H,11-12H2,1-6H3,(H,19,21). The Morgan fingerprint density at radius 1 is 0.620 bits per heavy atom. The molecule has 1 atom stereocenters. The normalized spacial score (nSPS) is 12.0. The van der Waals surface area contributed by atoms with E-state index < -0.39 is 23.4 Å². The monoisotopic (exact) mass is 690 g/mol. The molecule has 3 aromatic rings. The molecule has 10 heteroatoms. The van der Waals surface area contributed by atoms with Gasteiger partial charge in [0, 0.05) is 18.0 Å². The lowest BCUT2D eigenvalue weighted by Gasteiger charge is -2.28. The summed E-state index contributed by atoms with van der Waals surface area (Å²) in [5, 5.41) is 5.75. The molecule has 2 amide bonds. The van der Waals surface area contributed by atoms with Gasteiger partial charge in [-0.1, -0.05) is 54.6 Å². The Balaban J connectivity index is 0.000000352. The molecular weight excluding hydrogens is 636 g/mol. The molecule has 0 bridgehead atoms. The molecule has 272 valence electrons. The summed E-state index contributed by atoms with van der Waals surface area (Å²) in [6.45, 7) is 15.4. The number of nitrogens with one attached hydrogen (secondary N) is 2. The van der Waals surface area contributed by atoms with Crippen LogP contribution in [0.25, 0.3) is 0 Å². The largest absolute Gasteiger partial charge is 0.465 e. The van der Waals surface area contributed by atoms with Crippen LogP contribution in [0.1, 0.15) is 105 Å². The lowest BCUT2D eigenvalue weighted by molar-refractivity contribution is 0.0464. The highest BCUT2D eigenvalue weighted by Gasteiger charge is 2.24. The number of aryl methyl sites for hydroxylation is 1. The number of hydrogen-bond donors (Lipinski definition) is 2. The van der Waals surface area contributed by atoms with Crippen molar-refractivity contribution >= 4 is 24.1 Å². The molecular formula is C40H54N2O8. The fraction of sp³-hybridized carbons (Fsp3) is 0.450. The lowest BCUT2D eigenvalue weighted by atomic mass is 9.91. The topological polar surface area (TPSA) is 129 Å². The Kier molecular flexibility index (Phi) is 15.5. The predicted molar refractivity (Wildman–Crippen MR) is 194 cm³/mol. The van der Waals surface area contributed by atoms with Crippen LogP contribution >= 0.6 is 0 Å². The fourth-order valence-corrected chi connectivity index (χ4v) is 4.76. The first-order valence-corrected chi connectivity index (χ1v) is 16.7. The van der Waals surface area contributed by atoms with Crippen molar-refractivity contribution in [3.8, 4) is 0 Å². The zero-order valence-corrected chi connectivity index (χ0v) is 31.2. The maximum Gasteiger partial charge on any atom is 0.408 e. The summed E-state index contributed by atoms with van der Waals surface area (Å²) in [5.41, 5.74) is 2.92. The maximum atomic E-state index is 12.0. The van der Waals surface area contributed by atoms with Gasteiger partial charge >= 0.3 is 24.1 Å². The van der Waals surface area contributed by atoms with Gasteiger partial charge in [0.2, 0.25) is 0 Å². The fourth-order valence-electron chi connectivity index (χ4n) is 4.76. The Morgan fingerprint density at radius 3 is 1.54 bits per heavy atom. The molecule has 0 saturated heterocycles. The number of hydrogen-bond acceptors (Lipinski definition) is 8. The first-order chi connectivity index (χ1) is 23.3. The molecule has 10 nitrogen and oxygen atoms in total. The van der Waals surface area contributed by atoms with E-state index in [0.29, 0.717) is 17.7 Å². The van der Waals surface area contributed by atoms with Gasteiger partial charge in [0.05, 0.1) is 25.3 Å². The number of carbonyl (C=O) groups excluding carboxylic acids is 4. The molecule has 0 aliphatic carbocycles. The Bertz CT molecular complexity index is 1520. The third-order valence-electron chi connectivity index (χ3n) is 7.27. The number of methoxy groups -OCH3 is 2. The minimum Gasteiger partial charge on any atom is -0.465 e. The lowest BCUT2D eigenvalue weighted by Crippen LogP contribution is -2.46. The van der Waals surface area contributed by atoms with Crippen molar-refractivity contribution in [1.82, 2.24) is 10.6 Å². The number of ether oxygens (including phenoxy) is 4. The van der Waals surface area contributed by atoms with Crippen LogP contribution in [0.4, 0.5) is 9.59 Å². The molecule has 0 saturated carbocycles. The SMILES string of the molecule is COC(=O)c1ccc(CC(CNC(=O)OC(C)(C)C)c2ccccc2)cc1.COC(=O)c1ccc(CCC(C)(C)NC(=O)OC(C)(C)C)cc1. The molecule has 0 aromatic heterocycles. The van der Waals surface area contributed by atoms with Crippen molar-refractivity contribution in [3.05, 3.63) is 107 Å². The summed E-state index contributed by atoms with van der Waals surface area (Å²) in [6, 6.07) is 24.6. The first kappa shape index (κ1) is 41.3. The van der Waals surface area contributed by atoms with Crippen molar-refractivity contribution in [1.29, 1.82) is 0 Å². The van der Waals surface area contributed by atoms with E-state index in [4.69, 9.17) is 14.2 Å². The van der Waals surface area contributed by atoms with Crippen LogP contribution in [0.5, 0.6) is 0 Å². The molecule has 0 aliphatic heterocycles. The average Bonchev–Trinajstić information content (AvgIpc) is 3.04. The Morgan fingerprint density at radius 2 is 1.08 bits per heavy atom. The molecule has 1 unspecified atom stereocenters. The molecule has 2 N–H and O–H groups in total. The zero-order valence-electron chi connectivity index (χ0n) is 31.2. The van der Waals surface area contributed by atoms with Gasteiger partial charge in [-0.25, -0.2) is 19.2 Å². The van der Waals surface area contributed by atoms with Crippen LogP contribution in [-0.4, -0.2) is 61.6 Å². The van der Waals surface area contributed by atoms with Crippen LogP contribution < -0.4 is 10.6 Å². The molecule has 50 heavy (non-hydrogen) atoms. The quantitative estimate of drug-likeness (QED) is 0.153. The van der Waals surface area contributed by atoms with E-state index in [2.05, 4.69) is 15.4 Å².